The normalized spacial score (nSPS) is 15.7. The highest BCUT2D eigenvalue weighted by atomic mass is 32.2. The summed E-state index contributed by atoms with van der Waals surface area (Å²) in [4.78, 5) is 12.9. The molecule has 1 aromatic heterocycles. The molecule has 0 radical (unpaired) electrons. The molecule has 0 unspecified atom stereocenters. The van der Waals surface area contributed by atoms with Crippen molar-refractivity contribution in [2.24, 2.45) is 0 Å². The zero-order valence-corrected chi connectivity index (χ0v) is 18.2. The Bertz CT molecular complexity index is 1190. The van der Waals surface area contributed by atoms with E-state index in [-0.39, 0.29) is 28.8 Å². The summed E-state index contributed by atoms with van der Waals surface area (Å²) in [6.07, 6.45) is 3.88. The molecule has 0 aliphatic carbocycles. The Balaban J connectivity index is 1.44. The van der Waals surface area contributed by atoms with Gasteiger partial charge in [-0.1, -0.05) is 12.8 Å². The molecule has 6 nitrogen and oxygen atoms in total. The van der Waals surface area contributed by atoms with Gasteiger partial charge in [-0.25, -0.2) is 12.8 Å². The Morgan fingerprint density at radius 2 is 1.74 bits per heavy atom. The van der Waals surface area contributed by atoms with Gasteiger partial charge in [-0.2, -0.15) is 4.31 Å². The second-order valence-corrected chi connectivity index (χ2v) is 9.75. The van der Waals surface area contributed by atoms with Crippen molar-refractivity contribution in [1.82, 2.24) is 4.31 Å². The third kappa shape index (κ3) is 4.50. The van der Waals surface area contributed by atoms with Gasteiger partial charge in [0, 0.05) is 29.7 Å². The Hall–Kier alpha value is -2.71. The lowest BCUT2D eigenvalue weighted by Gasteiger charge is -2.20. The Kier molecular flexibility index (Phi) is 6.11. The van der Waals surface area contributed by atoms with Gasteiger partial charge in [0.05, 0.1) is 11.4 Å². The van der Waals surface area contributed by atoms with Crippen LogP contribution in [-0.2, 0) is 10.0 Å². The van der Waals surface area contributed by atoms with E-state index in [4.69, 9.17) is 4.42 Å². The van der Waals surface area contributed by atoms with Crippen LogP contribution in [0.4, 0.5) is 10.1 Å². The first-order valence-electron chi connectivity index (χ1n) is 10.4. The van der Waals surface area contributed by atoms with Gasteiger partial charge in [-0.05, 0) is 62.2 Å². The molecule has 0 amide bonds. The highest BCUT2D eigenvalue weighted by molar-refractivity contribution is 7.89. The monoisotopic (exact) mass is 444 g/mol. The van der Waals surface area contributed by atoms with E-state index in [9.17, 15) is 17.6 Å². The highest BCUT2D eigenvalue weighted by Crippen LogP contribution is 2.27. The SMILES string of the molecule is Cc1c(C(=O)CNc2ccc(S(=O)(=O)N3CCCCCC3)cc2)oc2ccc(F)cc12. The molecule has 0 atom stereocenters. The Labute approximate surface area is 181 Å². The van der Waals surface area contributed by atoms with E-state index < -0.39 is 10.0 Å². The predicted molar refractivity (Wildman–Crippen MR) is 117 cm³/mol. The minimum Gasteiger partial charge on any atom is -0.453 e. The number of carbonyl (C=O) groups excluding carboxylic acids is 1. The number of hydrogen-bond donors (Lipinski definition) is 1. The standard InChI is InChI=1S/C23H25FN2O4S/c1-16-20-14-17(24)6-11-22(20)30-23(16)21(27)15-25-18-7-9-19(10-8-18)31(28,29)26-12-4-2-3-5-13-26/h6-11,14,25H,2-5,12-13,15H2,1H3. The molecule has 8 heteroatoms. The van der Waals surface area contributed by atoms with Gasteiger partial charge in [0.25, 0.3) is 0 Å². The molecule has 2 heterocycles. The van der Waals surface area contributed by atoms with E-state index in [0.29, 0.717) is 35.3 Å². The fourth-order valence-corrected chi connectivity index (χ4v) is 5.41. The van der Waals surface area contributed by atoms with E-state index >= 15 is 0 Å². The number of fused-ring (bicyclic) bond motifs is 1. The lowest BCUT2D eigenvalue weighted by molar-refractivity contribution is 0.0981. The number of ketones is 1. The summed E-state index contributed by atoms with van der Waals surface area (Å²) in [7, 11) is -3.51. The number of benzene rings is 2. The minimum atomic E-state index is -3.51. The summed E-state index contributed by atoms with van der Waals surface area (Å²) in [6.45, 7) is 2.80. The van der Waals surface area contributed by atoms with Crippen LogP contribution in [0.5, 0.6) is 0 Å². The third-order valence-electron chi connectivity index (χ3n) is 5.66. The highest BCUT2D eigenvalue weighted by Gasteiger charge is 2.25. The predicted octanol–water partition coefficient (Wildman–Crippen LogP) is 4.74. The molecule has 164 valence electrons. The molecule has 0 bridgehead atoms. The number of nitrogens with one attached hydrogen (secondary N) is 1. The number of carbonyl (C=O) groups is 1. The van der Waals surface area contributed by atoms with E-state index in [1.54, 1.807) is 35.5 Å². The van der Waals surface area contributed by atoms with Crippen molar-refractivity contribution in [3.05, 3.63) is 59.6 Å². The van der Waals surface area contributed by atoms with Crippen LogP contribution in [0, 0.1) is 12.7 Å². The first-order valence-corrected chi connectivity index (χ1v) is 11.9. The minimum absolute atomic E-state index is 0.0264. The zero-order valence-electron chi connectivity index (χ0n) is 17.4. The summed E-state index contributed by atoms with van der Waals surface area (Å²) < 4.78 is 46.3. The van der Waals surface area contributed by atoms with Crippen molar-refractivity contribution in [1.29, 1.82) is 0 Å². The largest absolute Gasteiger partial charge is 0.453 e. The molecule has 4 rings (SSSR count). The number of hydrogen-bond acceptors (Lipinski definition) is 5. The van der Waals surface area contributed by atoms with E-state index in [1.807, 2.05) is 0 Å². The molecule has 1 aliphatic heterocycles. The van der Waals surface area contributed by atoms with Gasteiger partial charge in [-0.3, -0.25) is 4.79 Å². The molecule has 0 spiro atoms. The fourth-order valence-electron chi connectivity index (χ4n) is 3.90. The van der Waals surface area contributed by atoms with Crippen molar-refractivity contribution >= 4 is 32.5 Å². The van der Waals surface area contributed by atoms with Crippen LogP contribution in [-0.4, -0.2) is 38.1 Å². The van der Waals surface area contributed by atoms with Crippen LogP contribution < -0.4 is 5.32 Å². The summed E-state index contributed by atoms with van der Waals surface area (Å²) in [5, 5.41) is 3.58. The topological polar surface area (TPSA) is 79.6 Å². The van der Waals surface area contributed by atoms with Gasteiger partial charge in [-0.15, -0.1) is 0 Å². The van der Waals surface area contributed by atoms with Gasteiger partial charge < -0.3 is 9.73 Å². The quantitative estimate of drug-likeness (QED) is 0.556. The number of sulfonamides is 1. The molecular formula is C23H25FN2O4S. The average molecular weight is 445 g/mol. The summed E-state index contributed by atoms with van der Waals surface area (Å²) >= 11 is 0. The Morgan fingerprint density at radius 1 is 1.06 bits per heavy atom. The van der Waals surface area contributed by atoms with Gasteiger partial charge >= 0.3 is 0 Å². The van der Waals surface area contributed by atoms with Crippen molar-refractivity contribution in [2.75, 3.05) is 25.0 Å². The smallest absolute Gasteiger partial charge is 0.243 e. The summed E-state index contributed by atoms with van der Waals surface area (Å²) in [6, 6.07) is 10.6. The molecule has 3 aromatic rings. The molecular weight excluding hydrogens is 419 g/mol. The molecule has 1 aliphatic rings. The third-order valence-corrected chi connectivity index (χ3v) is 7.57. The van der Waals surface area contributed by atoms with Crippen molar-refractivity contribution in [3.8, 4) is 0 Å². The van der Waals surface area contributed by atoms with Crippen LogP contribution in [0.3, 0.4) is 0 Å². The number of anilines is 1. The van der Waals surface area contributed by atoms with Gasteiger partial charge in [0.15, 0.2) is 5.76 Å². The lowest BCUT2D eigenvalue weighted by atomic mass is 10.1. The van der Waals surface area contributed by atoms with Crippen molar-refractivity contribution in [2.45, 2.75) is 37.5 Å². The second-order valence-electron chi connectivity index (χ2n) is 7.82. The summed E-state index contributed by atoms with van der Waals surface area (Å²) in [5.74, 6) is -0.465. The molecule has 1 fully saturated rings. The number of rotatable bonds is 6. The first kappa shape index (κ1) is 21.5. The Morgan fingerprint density at radius 3 is 2.42 bits per heavy atom. The van der Waals surface area contributed by atoms with Gasteiger partial charge in [0.2, 0.25) is 15.8 Å². The van der Waals surface area contributed by atoms with Crippen LogP contribution in [0.25, 0.3) is 11.0 Å². The van der Waals surface area contributed by atoms with Crippen LogP contribution in [0.2, 0.25) is 0 Å². The number of furan rings is 1. The van der Waals surface area contributed by atoms with E-state index in [1.165, 1.54) is 18.2 Å². The molecule has 1 N–H and O–H groups in total. The van der Waals surface area contributed by atoms with Crippen LogP contribution in [0.1, 0.15) is 41.8 Å². The maximum Gasteiger partial charge on any atom is 0.243 e. The van der Waals surface area contributed by atoms with E-state index in [2.05, 4.69) is 5.32 Å². The number of nitrogens with zero attached hydrogens (tertiary/aromatic N) is 1. The lowest BCUT2D eigenvalue weighted by Crippen LogP contribution is -2.31. The summed E-state index contributed by atoms with van der Waals surface area (Å²) in [5.41, 5.74) is 1.69. The maximum atomic E-state index is 13.5. The molecule has 1 saturated heterocycles. The number of Topliss-reactive ketones (excluding diaryl/α,β-unsaturated/α-hetero) is 1. The first-order chi connectivity index (χ1) is 14.9. The van der Waals surface area contributed by atoms with Crippen molar-refractivity contribution < 1.29 is 22.0 Å². The van der Waals surface area contributed by atoms with E-state index in [0.717, 1.165) is 25.7 Å². The zero-order chi connectivity index (χ0) is 22.0. The number of aryl methyl sites for hydroxylation is 1. The van der Waals surface area contributed by atoms with Crippen LogP contribution in [0.15, 0.2) is 51.8 Å². The van der Waals surface area contributed by atoms with Gasteiger partial charge in [0.1, 0.15) is 11.4 Å². The molecule has 31 heavy (non-hydrogen) atoms. The number of halogens is 1. The maximum absolute atomic E-state index is 13.5. The molecule has 0 saturated carbocycles. The second kappa shape index (κ2) is 8.80. The fraction of sp³-hybridized carbons (Fsp3) is 0.348. The molecule has 2 aromatic carbocycles. The van der Waals surface area contributed by atoms with Crippen molar-refractivity contribution in [3.63, 3.8) is 0 Å². The van der Waals surface area contributed by atoms with Crippen LogP contribution >= 0.6 is 0 Å². The average Bonchev–Trinajstić information content (AvgIpc) is 2.94.